The number of thiocarbonyl (C=S) groups is 1. The van der Waals surface area contributed by atoms with Gasteiger partial charge >= 0.3 is 5.97 Å². The Bertz CT molecular complexity index is 583. The maximum atomic E-state index is 11.5. The highest BCUT2D eigenvalue weighted by molar-refractivity contribution is 7.80. The van der Waals surface area contributed by atoms with Crippen molar-refractivity contribution < 1.29 is 9.53 Å². The number of carbonyl (C=O) groups is 1. The fourth-order valence-corrected chi connectivity index (χ4v) is 2.27. The molecule has 0 saturated heterocycles. The first kappa shape index (κ1) is 10.6. The molecule has 0 spiro atoms. The van der Waals surface area contributed by atoms with Crippen LogP contribution in [0.3, 0.4) is 0 Å². The lowest BCUT2D eigenvalue weighted by molar-refractivity contribution is -0.136. The summed E-state index contributed by atoms with van der Waals surface area (Å²) in [7, 11) is 0. The van der Waals surface area contributed by atoms with Crippen LogP contribution in [-0.4, -0.2) is 17.7 Å². The summed E-state index contributed by atoms with van der Waals surface area (Å²) in [4.78, 5) is 11.5. The smallest absolute Gasteiger partial charge is 0.355 e. The van der Waals surface area contributed by atoms with Gasteiger partial charge in [0.05, 0.1) is 0 Å². The number of nitrogens with one attached hydrogen (secondary N) is 2. The molecule has 2 heterocycles. The Morgan fingerprint density at radius 2 is 2.18 bits per heavy atom. The molecule has 0 atom stereocenters. The zero-order valence-corrected chi connectivity index (χ0v) is 10.1. The number of carbonyl (C=O) groups excluding carboxylic acids is 1. The van der Waals surface area contributed by atoms with E-state index in [0.29, 0.717) is 15.8 Å². The minimum atomic E-state index is -0.392. The Labute approximate surface area is 108 Å². The zero-order valence-electron chi connectivity index (χ0n) is 8.54. The maximum absolute atomic E-state index is 11.5. The molecule has 0 aliphatic carbocycles. The maximum Gasteiger partial charge on any atom is 0.355 e. The van der Waals surface area contributed by atoms with Crippen molar-refractivity contribution in [1.29, 1.82) is 0 Å². The van der Waals surface area contributed by atoms with Gasteiger partial charge in [-0.15, -0.1) is 0 Å². The van der Waals surface area contributed by atoms with Crippen molar-refractivity contribution in [2.75, 3.05) is 11.9 Å². The van der Waals surface area contributed by atoms with E-state index in [2.05, 4.69) is 10.6 Å². The lowest BCUT2D eigenvalue weighted by Gasteiger charge is -2.10. The molecule has 1 aromatic carbocycles. The van der Waals surface area contributed by atoms with Gasteiger partial charge in [-0.2, -0.15) is 0 Å². The van der Waals surface area contributed by atoms with E-state index in [4.69, 9.17) is 28.6 Å². The molecule has 0 aromatic heterocycles. The molecule has 0 radical (unpaired) electrons. The van der Waals surface area contributed by atoms with Crippen LogP contribution in [0.2, 0.25) is 5.02 Å². The number of cyclic esters (lactones) is 1. The van der Waals surface area contributed by atoms with Crippen LogP contribution in [0.1, 0.15) is 5.56 Å². The number of ether oxygens (including phenoxy) is 1. The Morgan fingerprint density at radius 1 is 1.35 bits per heavy atom. The summed E-state index contributed by atoms with van der Waals surface area (Å²) in [6, 6.07) is 5.38. The van der Waals surface area contributed by atoms with Crippen LogP contribution in [0.5, 0.6) is 0 Å². The monoisotopic (exact) mass is 266 g/mol. The number of anilines is 1. The average Bonchev–Trinajstić information content (AvgIpc) is 2.56. The minimum absolute atomic E-state index is 0.235. The first-order valence-electron chi connectivity index (χ1n) is 4.93. The number of benzene rings is 1. The Hall–Kier alpha value is -1.59. The summed E-state index contributed by atoms with van der Waals surface area (Å²) in [6.07, 6.45) is 0. The lowest BCUT2D eigenvalue weighted by Crippen LogP contribution is -2.29. The van der Waals surface area contributed by atoms with Crippen molar-refractivity contribution in [2.24, 2.45) is 0 Å². The Morgan fingerprint density at radius 3 is 3.00 bits per heavy atom. The largest absolute Gasteiger partial charge is 0.456 e. The molecule has 4 nitrogen and oxygen atoms in total. The number of fused-ring (bicyclic) bond motifs is 2. The quantitative estimate of drug-likeness (QED) is 0.555. The van der Waals surface area contributed by atoms with Crippen LogP contribution >= 0.6 is 23.8 Å². The van der Waals surface area contributed by atoms with Gasteiger partial charge in [-0.1, -0.05) is 11.6 Å². The summed E-state index contributed by atoms with van der Waals surface area (Å²) >= 11 is 11.0. The summed E-state index contributed by atoms with van der Waals surface area (Å²) in [5, 5.41) is 6.82. The van der Waals surface area contributed by atoms with E-state index in [1.807, 2.05) is 6.07 Å². The van der Waals surface area contributed by atoms with E-state index in [9.17, 15) is 4.79 Å². The fraction of sp³-hybridized carbons (Fsp3) is 0.0909. The minimum Gasteiger partial charge on any atom is -0.456 e. The second-order valence-electron chi connectivity index (χ2n) is 3.70. The molecule has 86 valence electrons. The third-order valence-corrected chi connectivity index (χ3v) is 3.09. The molecule has 0 saturated carbocycles. The normalized spacial score (nSPS) is 17.7. The number of halogens is 1. The van der Waals surface area contributed by atoms with Gasteiger partial charge in [-0.25, -0.2) is 4.79 Å². The summed E-state index contributed by atoms with van der Waals surface area (Å²) in [5.41, 5.74) is 2.82. The third kappa shape index (κ3) is 1.67. The molecule has 1 aromatic rings. The number of rotatable bonds is 0. The highest BCUT2D eigenvalue weighted by Gasteiger charge is 2.30. The van der Waals surface area contributed by atoms with Gasteiger partial charge in [0.15, 0.2) is 5.11 Å². The molecule has 17 heavy (non-hydrogen) atoms. The average molecular weight is 267 g/mol. The first-order valence-corrected chi connectivity index (χ1v) is 5.72. The van der Waals surface area contributed by atoms with E-state index in [0.717, 1.165) is 16.8 Å². The van der Waals surface area contributed by atoms with Crippen LogP contribution in [0.25, 0.3) is 5.57 Å². The molecule has 0 unspecified atom stereocenters. The van der Waals surface area contributed by atoms with Gasteiger partial charge in [0.1, 0.15) is 12.3 Å². The summed E-state index contributed by atoms with van der Waals surface area (Å²) < 4.78 is 4.99. The predicted molar refractivity (Wildman–Crippen MR) is 68.7 cm³/mol. The number of hydrogen-bond donors (Lipinski definition) is 2. The zero-order chi connectivity index (χ0) is 12.0. The molecule has 2 aliphatic rings. The van der Waals surface area contributed by atoms with Crippen molar-refractivity contribution in [3.05, 3.63) is 34.5 Å². The molecular formula is C11H7ClN2O2S. The van der Waals surface area contributed by atoms with Gasteiger partial charge in [0.25, 0.3) is 0 Å². The van der Waals surface area contributed by atoms with Gasteiger partial charge in [0.2, 0.25) is 0 Å². The molecule has 2 aliphatic heterocycles. The lowest BCUT2D eigenvalue weighted by atomic mass is 10.0. The van der Waals surface area contributed by atoms with Crippen LogP contribution in [0.4, 0.5) is 5.69 Å². The van der Waals surface area contributed by atoms with E-state index in [-0.39, 0.29) is 6.61 Å². The van der Waals surface area contributed by atoms with Crippen LogP contribution in [-0.2, 0) is 9.53 Å². The second-order valence-corrected chi connectivity index (χ2v) is 4.54. The van der Waals surface area contributed by atoms with Crippen LogP contribution in [0, 0.1) is 0 Å². The van der Waals surface area contributed by atoms with Gasteiger partial charge < -0.3 is 15.4 Å². The number of hydrogen-bond acceptors (Lipinski definition) is 3. The number of esters is 1. The van der Waals surface area contributed by atoms with Crippen LogP contribution in [0.15, 0.2) is 23.9 Å². The molecular weight excluding hydrogens is 260 g/mol. The molecule has 2 N–H and O–H groups in total. The predicted octanol–water partition coefficient (Wildman–Crippen LogP) is 1.91. The highest BCUT2D eigenvalue weighted by atomic mass is 35.5. The molecule has 0 bridgehead atoms. The molecule has 0 amide bonds. The Kier molecular flexibility index (Phi) is 2.31. The van der Waals surface area contributed by atoms with Crippen LogP contribution < -0.4 is 10.6 Å². The van der Waals surface area contributed by atoms with Crippen molar-refractivity contribution >= 4 is 46.2 Å². The van der Waals surface area contributed by atoms with E-state index >= 15 is 0 Å². The Balaban J connectivity index is 2.25. The van der Waals surface area contributed by atoms with Gasteiger partial charge in [0, 0.05) is 21.8 Å². The molecule has 3 rings (SSSR count). The summed E-state index contributed by atoms with van der Waals surface area (Å²) in [6.45, 7) is 0.235. The SMILES string of the molecule is O=C1OCC2=C1NC(=S)Nc1ccc(Cl)cc12. The van der Waals surface area contributed by atoms with Gasteiger partial charge in [-0.05, 0) is 30.4 Å². The van der Waals surface area contributed by atoms with E-state index in [1.165, 1.54) is 0 Å². The van der Waals surface area contributed by atoms with Crippen molar-refractivity contribution in [3.63, 3.8) is 0 Å². The first-order chi connectivity index (χ1) is 8.15. The summed E-state index contributed by atoms with van der Waals surface area (Å²) in [5.74, 6) is -0.392. The van der Waals surface area contributed by atoms with Crippen molar-refractivity contribution in [3.8, 4) is 0 Å². The molecule has 0 fully saturated rings. The molecule has 6 heteroatoms. The third-order valence-electron chi connectivity index (χ3n) is 2.65. The van der Waals surface area contributed by atoms with E-state index < -0.39 is 5.97 Å². The van der Waals surface area contributed by atoms with Crippen molar-refractivity contribution in [2.45, 2.75) is 0 Å². The second kappa shape index (κ2) is 3.72. The van der Waals surface area contributed by atoms with Gasteiger partial charge in [-0.3, -0.25) is 0 Å². The van der Waals surface area contributed by atoms with E-state index in [1.54, 1.807) is 12.1 Å². The highest BCUT2D eigenvalue weighted by Crippen LogP contribution is 2.33. The fourth-order valence-electron chi connectivity index (χ4n) is 1.89. The standard InChI is InChI=1S/C11H7ClN2O2S/c12-5-1-2-8-6(3-5)7-4-16-10(15)9(7)14-11(17)13-8/h1-3H,4H2,(H2,13,14,17). The topological polar surface area (TPSA) is 50.4 Å². The van der Waals surface area contributed by atoms with Crippen molar-refractivity contribution in [1.82, 2.24) is 5.32 Å².